The van der Waals surface area contributed by atoms with Crippen molar-refractivity contribution >= 4 is 23.4 Å². The zero-order valence-corrected chi connectivity index (χ0v) is 13.4. The topological polar surface area (TPSA) is 66.5 Å². The highest BCUT2D eigenvalue weighted by Gasteiger charge is 2.67. The fourth-order valence-electron chi connectivity index (χ4n) is 5.05. The van der Waals surface area contributed by atoms with Gasteiger partial charge in [0.05, 0.1) is 11.8 Å². The maximum atomic E-state index is 12.9. The number of anilines is 1. The molecule has 1 saturated heterocycles. The van der Waals surface area contributed by atoms with Gasteiger partial charge in [0, 0.05) is 5.69 Å². The summed E-state index contributed by atoms with van der Waals surface area (Å²) in [5, 5.41) is 2.61. The number of allylic oxidation sites excluding steroid dienone is 2. The van der Waals surface area contributed by atoms with Crippen LogP contribution in [0.15, 0.2) is 36.4 Å². The van der Waals surface area contributed by atoms with E-state index in [4.69, 9.17) is 0 Å². The molecular weight excluding hydrogens is 323 g/mol. The van der Waals surface area contributed by atoms with Gasteiger partial charge in [0.1, 0.15) is 12.4 Å². The largest absolute Gasteiger partial charge is 0.325 e. The molecule has 0 radical (unpaired) electrons. The quantitative estimate of drug-likeness (QED) is 0.674. The lowest BCUT2D eigenvalue weighted by molar-refractivity contribution is -0.142. The molecule has 1 heterocycles. The Morgan fingerprint density at radius 1 is 1.04 bits per heavy atom. The summed E-state index contributed by atoms with van der Waals surface area (Å²) in [4.78, 5) is 38.9. The molecule has 6 rings (SSSR count). The van der Waals surface area contributed by atoms with E-state index < -0.39 is 11.7 Å². The van der Waals surface area contributed by atoms with E-state index in [0.29, 0.717) is 17.5 Å². The highest BCUT2D eigenvalue weighted by molar-refractivity contribution is 6.09. The number of benzene rings is 1. The monoisotopic (exact) mass is 340 g/mol. The van der Waals surface area contributed by atoms with Crippen LogP contribution in [0.1, 0.15) is 6.42 Å². The van der Waals surface area contributed by atoms with Crippen LogP contribution < -0.4 is 5.32 Å². The minimum atomic E-state index is -0.447. The van der Waals surface area contributed by atoms with Gasteiger partial charge in [0.25, 0.3) is 0 Å². The van der Waals surface area contributed by atoms with Gasteiger partial charge in [0.15, 0.2) is 0 Å². The lowest BCUT2D eigenvalue weighted by Crippen LogP contribution is -2.40. The first-order valence-corrected chi connectivity index (χ1v) is 8.63. The van der Waals surface area contributed by atoms with E-state index in [1.807, 2.05) is 0 Å². The Bertz CT molecular complexity index is 782. The molecule has 128 valence electrons. The van der Waals surface area contributed by atoms with Crippen LogP contribution in [0, 0.1) is 41.3 Å². The van der Waals surface area contributed by atoms with Gasteiger partial charge in [-0.2, -0.15) is 0 Å². The first-order valence-electron chi connectivity index (χ1n) is 8.63. The van der Waals surface area contributed by atoms with Crippen molar-refractivity contribution in [3.05, 3.63) is 42.2 Å². The van der Waals surface area contributed by atoms with Crippen molar-refractivity contribution in [2.24, 2.45) is 35.5 Å². The summed E-state index contributed by atoms with van der Waals surface area (Å²) in [6.07, 6.45) is 5.32. The number of carbonyl (C=O) groups is 3. The first-order chi connectivity index (χ1) is 12.0. The van der Waals surface area contributed by atoms with Crippen molar-refractivity contribution in [2.75, 3.05) is 11.9 Å². The molecule has 25 heavy (non-hydrogen) atoms. The van der Waals surface area contributed by atoms with Crippen LogP contribution in [0.5, 0.6) is 0 Å². The van der Waals surface area contributed by atoms with Crippen molar-refractivity contribution in [1.29, 1.82) is 0 Å². The second-order valence-electron chi connectivity index (χ2n) is 7.47. The van der Waals surface area contributed by atoms with Crippen molar-refractivity contribution in [3.63, 3.8) is 0 Å². The number of nitrogens with zero attached hydrogens (tertiary/aromatic N) is 1. The predicted octanol–water partition coefficient (Wildman–Crippen LogP) is 1.82. The van der Waals surface area contributed by atoms with Crippen molar-refractivity contribution in [1.82, 2.24) is 4.90 Å². The van der Waals surface area contributed by atoms with Gasteiger partial charge in [0.2, 0.25) is 17.7 Å². The van der Waals surface area contributed by atoms with Gasteiger partial charge in [-0.25, -0.2) is 4.39 Å². The van der Waals surface area contributed by atoms with E-state index in [1.165, 1.54) is 24.3 Å². The SMILES string of the molecule is O=C(CN1C(=O)[C@H]2[C@@H]3C=C[C@@H]([C@H]4C[C@H]34)[C@@H]2C1=O)Nc1ccc(F)cc1. The third kappa shape index (κ3) is 2.09. The summed E-state index contributed by atoms with van der Waals surface area (Å²) >= 11 is 0. The van der Waals surface area contributed by atoms with Gasteiger partial charge in [-0.3, -0.25) is 19.3 Å². The molecule has 1 N–H and O–H groups in total. The average Bonchev–Trinajstić information content (AvgIpc) is 3.38. The third-order valence-electron chi connectivity index (χ3n) is 6.18. The Morgan fingerprint density at radius 2 is 1.60 bits per heavy atom. The molecule has 3 fully saturated rings. The lowest BCUT2D eigenvalue weighted by Gasteiger charge is -2.37. The molecule has 6 heteroatoms. The van der Waals surface area contributed by atoms with E-state index in [0.717, 1.165) is 11.3 Å². The smallest absolute Gasteiger partial charge is 0.244 e. The van der Waals surface area contributed by atoms with Crippen LogP contribution in [0.2, 0.25) is 0 Å². The molecule has 1 aromatic carbocycles. The minimum Gasteiger partial charge on any atom is -0.325 e. The molecule has 5 nitrogen and oxygen atoms in total. The summed E-state index contributed by atoms with van der Waals surface area (Å²) in [5.41, 5.74) is 0.436. The molecule has 2 bridgehead atoms. The molecule has 3 amide bonds. The fourth-order valence-corrected chi connectivity index (χ4v) is 5.05. The molecule has 4 aliphatic carbocycles. The standard InChI is InChI=1S/C19H17FN2O3/c20-9-1-3-10(4-2-9)21-15(23)8-22-18(24)16-11-5-6-12(14-7-13(11)14)17(16)19(22)25/h1-6,11-14,16-17H,7-8H2,(H,21,23)/t11-,12+,13-,14-,16+,17+/m1/s1. The third-order valence-corrected chi connectivity index (χ3v) is 6.18. The average molecular weight is 340 g/mol. The van der Waals surface area contributed by atoms with E-state index in [2.05, 4.69) is 17.5 Å². The highest BCUT2D eigenvalue weighted by atomic mass is 19.1. The van der Waals surface area contributed by atoms with E-state index in [-0.39, 0.29) is 42.0 Å². The van der Waals surface area contributed by atoms with Crippen LogP contribution in [0.25, 0.3) is 0 Å². The second-order valence-corrected chi connectivity index (χ2v) is 7.47. The number of hydrogen-bond acceptors (Lipinski definition) is 3. The van der Waals surface area contributed by atoms with Crippen LogP contribution >= 0.6 is 0 Å². The van der Waals surface area contributed by atoms with Crippen LogP contribution in [0.3, 0.4) is 0 Å². The molecule has 2 saturated carbocycles. The number of likely N-dealkylation sites (tertiary alicyclic amines) is 1. The van der Waals surface area contributed by atoms with E-state index in [1.54, 1.807) is 0 Å². The summed E-state index contributed by atoms with van der Waals surface area (Å²) in [7, 11) is 0. The van der Waals surface area contributed by atoms with Gasteiger partial charge in [-0.15, -0.1) is 0 Å². The summed E-state index contributed by atoms with van der Waals surface area (Å²) in [6, 6.07) is 5.37. The predicted molar refractivity (Wildman–Crippen MR) is 86.4 cm³/mol. The van der Waals surface area contributed by atoms with Gasteiger partial charge < -0.3 is 5.32 Å². The number of nitrogens with one attached hydrogen (secondary N) is 1. The highest BCUT2D eigenvalue weighted by Crippen LogP contribution is 2.65. The van der Waals surface area contributed by atoms with Crippen LogP contribution in [0.4, 0.5) is 10.1 Å². The van der Waals surface area contributed by atoms with Crippen molar-refractivity contribution < 1.29 is 18.8 Å². The first kappa shape index (κ1) is 14.8. The van der Waals surface area contributed by atoms with Gasteiger partial charge in [-0.1, -0.05) is 12.2 Å². The zero-order chi connectivity index (χ0) is 17.3. The molecule has 0 aromatic heterocycles. The lowest BCUT2D eigenvalue weighted by atomic mass is 9.63. The van der Waals surface area contributed by atoms with Gasteiger partial charge >= 0.3 is 0 Å². The summed E-state index contributed by atoms with van der Waals surface area (Å²) in [5.74, 6) is -0.450. The number of hydrogen-bond donors (Lipinski definition) is 1. The zero-order valence-electron chi connectivity index (χ0n) is 13.4. The summed E-state index contributed by atoms with van der Waals surface area (Å²) in [6.45, 7) is -0.281. The molecule has 1 aliphatic heterocycles. The molecule has 1 aromatic rings. The normalized spacial score (nSPS) is 37.1. The second kappa shape index (κ2) is 5.00. The van der Waals surface area contributed by atoms with Crippen molar-refractivity contribution in [3.8, 4) is 0 Å². The molecule has 0 unspecified atom stereocenters. The molecule has 6 atom stereocenters. The number of amides is 3. The minimum absolute atomic E-state index is 0.154. The number of carbonyl (C=O) groups excluding carboxylic acids is 3. The summed E-state index contributed by atoms with van der Waals surface area (Å²) < 4.78 is 12.9. The molecular formula is C19H17FN2O3. The Balaban J connectivity index is 1.32. The Hall–Kier alpha value is -2.50. The molecule has 5 aliphatic rings. The van der Waals surface area contributed by atoms with Gasteiger partial charge in [-0.05, 0) is 54.4 Å². The number of imide groups is 1. The van der Waals surface area contributed by atoms with Crippen LogP contribution in [-0.2, 0) is 14.4 Å². The van der Waals surface area contributed by atoms with E-state index in [9.17, 15) is 18.8 Å². The Morgan fingerprint density at radius 3 is 2.16 bits per heavy atom. The maximum Gasteiger partial charge on any atom is 0.244 e. The Kier molecular flexibility index (Phi) is 2.96. The van der Waals surface area contributed by atoms with Crippen molar-refractivity contribution in [2.45, 2.75) is 6.42 Å². The Labute approximate surface area is 143 Å². The van der Waals surface area contributed by atoms with E-state index >= 15 is 0 Å². The maximum absolute atomic E-state index is 12.9. The number of halogens is 1. The molecule has 0 spiro atoms. The van der Waals surface area contributed by atoms with Crippen LogP contribution in [-0.4, -0.2) is 29.2 Å². The number of rotatable bonds is 3. The fraction of sp³-hybridized carbons (Fsp3) is 0.421.